The quantitative estimate of drug-likeness (QED) is 0.828. The Morgan fingerprint density at radius 1 is 1.26 bits per heavy atom. The van der Waals surface area contributed by atoms with Gasteiger partial charge >= 0.3 is 0 Å². The summed E-state index contributed by atoms with van der Waals surface area (Å²) in [4.78, 5) is 2.42. The van der Waals surface area contributed by atoms with E-state index >= 15 is 0 Å². The lowest BCUT2D eigenvalue weighted by Crippen LogP contribution is -2.68. The molecule has 19 heavy (non-hydrogen) atoms. The van der Waals surface area contributed by atoms with Gasteiger partial charge in [-0.2, -0.15) is 0 Å². The zero-order chi connectivity index (χ0) is 14.3. The second kappa shape index (κ2) is 5.01. The van der Waals surface area contributed by atoms with E-state index in [-0.39, 0.29) is 16.8 Å². The zero-order valence-electron chi connectivity index (χ0n) is 12.7. The summed E-state index contributed by atoms with van der Waals surface area (Å²) in [6, 6.07) is 0. The molecule has 0 aromatic rings. The van der Waals surface area contributed by atoms with Crippen LogP contribution >= 0.6 is 0 Å². The van der Waals surface area contributed by atoms with Crippen molar-refractivity contribution in [2.45, 2.75) is 51.6 Å². The summed E-state index contributed by atoms with van der Waals surface area (Å²) in [5.41, 5.74) is 0.211. The molecule has 2 rings (SSSR count). The van der Waals surface area contributed by atoms with E-state index in [9.17, 15) is 8.42 Å². The predicted molar refractivity (Wildman–Crippen MR) is 79.1 cm³/mol. The minimum Gasteiger partial charge on any atom is -0.309 e. The van der Waals surface area contributed by atoms with E-state index in [4.69, 9.17) is 0 Å². The molecule has 0 radical (unpaired) electrons. The molecule has 2 aliphatic rings. The van der Waals surface area contributed by atoms with Crippen LogP contribution in [0.1, 0.15) is 40.5 Å². The van der Waals surface area contributed by atoms with Crippen molar-refractivity contribution < 1.29 is 8.42 Å². The van der Waals surface area contributed by atoms with Crippen molar-refractivity contribution in [2.24, 2.45) is 5.92 Å². The molecule has 4 nitrogen and oxygen atoms in total. The Balaban J connectivity index is 2.08. The molecule has 1 heterocycles. The Hall–Kier alpha value is -0.130. The fourth-order valence-electron chi connectivity index (χ4n) is 3.08. The number of piperazine rings is 1. The maximum Gasteiger partial charge on any atom is 0.151 e. The van der Waals surface area contributed by atoms with Gasteiger partial charge in [-0.3, -0.25) is 4.90 Å². The number of nitrogens with one attached hydrogen (secondary N) is 1. The molecule has 0 spiro atoms. The van der Waals surface area contributed by atoms with Crippen LogP contribution < -0.4 is 5.32 Å². The summed E-state index contributed by atoms with van der Waals surface area (Å²) in [6.45, 7) is 11.0. The van der Waals surface area contributed by atoms with Crippen molar-refractivity contribution >= 4 is 9.84 Å². The molecule has 1 aliphatic carbocycles. The van der Waals surface area contributed by atoms with Gasteiger partial charge in [0.15, 0.2) is 9.84 Å². The van der Waals surface area contributed by atoms with E-state index in [1.807, 2.05) is 0 Å². The molecule has 0 aromatic heterocycles. The normalized spacial score (nSPS) is 32.4. The second-order valence-corrected chi connectivity index (χ2v) is 9.50. The molecule has 1 saturated heterocycles. The fourth-order valence-corrected chi connectivity index (χ4v) is 3.87. The summed E-state index contributed by atoms with van der Waals surface area (Å²) in [7, 11) is -2.87. The topological polar surface area (TPSA) is 49.4 Å². The first-order valence-corrected chi connectivity index (χ1v) is 9.21. The molecule has 0 bridgehead atoms. The summed E-state index contributed by atoms with van der Waals surface area (Å²) in [5.74, 6) is 1.28. The van der Waals surface area contributed by atoms with Gasteiger partial charge in [0, 0.05) is 36.5 Å². The van der Waals surface area contributed by atoms with Crippen LogP contribution in [0.25, 0.3) is 0 Å². The average Bonchev–Trinajstić information content (AvgIpc) is 3.15. The van der Waals surface area contributed by atoms with E-state index < -0.39 is 9.84 Å². The smallest absolute Gasteiger partial charge is 0.151 e. The Morgan fingerprint density at radius 3 is 2.42 bits per heavy atom. The molecule has 5 heteroatoms. The van der Waals surface area contributed by atoms with Crippen LogP contribution in [0, 0.1) is 5.92 Å². The Kier molecular flexibility index (Phi) is 4.02. The van der Waals surface area contributed by atoms with Crippen molar-refractivity contribution in [2.75, 3.05) is 31.1 Å². The van der Waals surface area contributed by atoms with Crippen molar-refractivity contribution in [1.82, 2.24) is 10.2 Å². The third kappa shape index (κ3) is 3.50. The molecule has 1 unspecified atom stereocenters. The molecule has 1 aliphatic heterocycles. The highest BCUT2D eigenvalue weighted by atomic mass is 32.2. The number of nitrogens with zero attached hydrogens (tertiary/aromatic N) is 1. The summed E-state index contributed by atoms with van der Waals surface area (Å²) < 4.78 is 23.5. The van der Waals surface area contributed by atoms with Gasteiger partial charge in [0.1, 0.15) is 0 Å². The van der Waals surface area contributed by atoms with Crippen molar-refractivity contribution in [3.63, 3.8) is 0 Å². The van der Waals surface area contributed by atoms with E-state index in [0.29, 0.717) is 12.3 Å². The SMILES string of the molecule is CCS(=O)(=O)CCN1CC(C)(C)NCC1(C)C1CC1. The first-order chi connectivity index (χ1) is 8.69. The molecule has 1 saturated carbocycles. The monoisotopic (exact) mass is 288 g/mol. The zero-order valence-corrected chi connectivity index (χ0v) is 13.5. The van der Waals surface area contributed by atoms with Gasteiger partial charge in [-0.05, 0) is 39.5 Å². The largest absolute Gasteiger partial charge is 0.309 e. The van der Waals surface area contributed by atoms with Gasteiger partial charge < -0.3 is 5.32 Å². The maximum absolute atomic E-state index is 11.8. The number of hydrogen-bond donors (Lipinski definition) is 1. The molecule has 2 fully saturated rings. The van der Waals surface area contributed by atoms with Gasteiger partial charge in [0.2, 0.25) is 0 Å². The summed E-state index contributed by atoms with van der Waals surface area (Å²) in [6.07, 6.45) is 2.57. The van der Waals surface area contributed by atoms with Crippen molar-refractivity contribution in [1.29, 1.82) is 0 Å². The van der Waals surface area contributed by atoms with Crippen LogP contribution in [0.5, 0.6) is 0 Å². The highest BCUT2D eigenvalue weighted by molar-refractivity contribution is 7.91. The van der Waals surface area contributed by atoms with Crippen LogP contribution in [-0.4, -0.2) is 55.5 Å². The lowest BCUT2D eigenvalue weighted by Gasteiger charge is -2.51. The lowest BCUT2D eigenvalue weighted by molar-refractivity contribution is 0.0170. The predicted octanol–water partition coefficient (Wildman–Crippen LogP) is 1.27. The highest BCUT2D eigenvalue weighted by Crippen LogP contribution is 2.44. The van der Waals surface area contributed by atoms with Gasteiger partial charge in [0.05, 0.1) is 5.75 Å². The van der Waals surface area contributed by atoms with Gasteiger partial charge in [-0.15, -0.1) is 0 Å². The molecular formula is C14H28N2O2S. The van der Waals surface area contributed by atoms with Gasteiger partial charge in [0.25, 0.3) is 0 Å². The maximum atomic E-state index is 11.8. The van der Waals surface area contributed by atoms with E-state index in [2.05, 4.69) is 31.0 Å². The Morgan fingerprint density at radius 2 is 1.89 bits per heavy atom. The van der Waals surface area contributed by atoms with Crippen molar-refractivity contribution in [3.05, 3.63) is 0 Å². The number of sulfone groups is 1. The molecule has 0 amide bonds. The lowest BCUT2D eigenvalue weighted by atomic mass is 9.86. The van der Waals surface area contributed by atoms with Crippen LogP contribution in [0.15, 0.2) is 0 Å². The van der Waals surface area contributed by atoms with E-state index in [1.165, 1.54) is 12.8 Å². The van der Waals surface area contributed by atoms with Crippen LogP contribution in [-0.2, 0) is 9.84 Å². The standard InChI is InChI=1S/C14H28N2O2S/c1-5-19(17,18)9-8-16-11-13(2,3)15-10-14(16,4)12-6-7-12/h12,15H,5-11H2,1-4H3. The van der Waals surface area contributed by atoms with Gasteiger partial charge in [-0.1, -0.05) is 6.92 Å². The third-order valence-electron chi connectivity index (χ3n) is 4.80. The first-order valence-electron chi connectivity index (χ1n) is 7.39. The third-order valence-corrected chi connectivity index (χ3v) is 6.49. The Bertz CT molecular complexity index is 429. The van der Waals surface area contributed by atoms with Crippen molar-refractivity contribution in [3.8, 4) is 0 Å². The molecular weight excluding hydrogens is 260 g/mol. The minimum atomic E-state index is -2.87. The van der Waals surface area contributed by atoms with Crippen LogP contribution in [0.2, 0.25) is 0 Å². The minimum absolute atomic E-state index is 0.0738. The van der Waals surface area contributed by atoms with Crippen LogP contribution in [0.4, 0.5) is 0 Å². The Labute approximate surface area is 117 Å². The number of hydrogen-bond acceptors (Lipinski definition) is 4. The fraction of sp³-hybridized carbons (Fsp3) is 1.00. The molecule has 0 aromatic carbocycles. The second-order valence-electron chi connectivity index (χ2n) is 7.03. The molecule has 1 N–H and O–H groups in total. The average molecular weight is 288 g/mol. The van der Waals surface area contributed by atoms with Crippen LogP contribution in [0.3, 0.4) is 0 Å². The number of rotatable bonds is 5. The molecule has 112 valence electrons. The molecule has 1 atom stereocenters. The first kappa shape index (κ1) is 15.3. The van der Waals surface area contributed by atoms with E-state index in [0.717, 1.165) is 19.0 Å². The van der Waals surface area contributed by atoms with Gasteiger partial charge in [-0.25, -0.2) is 8.42 Å². The summed E-state index contributed by atoms with van der Waals surface area (Å²) in [5, 5.41) is 3.62. The van der Waals surface area contributed by atoms with E-state index in [1.54, 1.807) is 6.92 Å². The summed E-state index contributed by atoms with van der Waals surface area (Å²) >= 11 is 0. The highest BCUT2D eigenvalue weighted by Gasteiger charge is 2.49.